The first-order valence-electron chi connectivity index (χ1n) is 7.06. The molecule has 0 heterocycles. The van der Waals surface area contributed by atoms with E-state index in [0.717, 1.165) is 30.4 Å². The second kappa shape index (κ2) is 8.36. The summed E-state index contributed by atoms with van der Waals surface area (Å²) in [6.07, 6.45) is 7.49. The van der Waals surface area contributed by atoms with Gasteiger partial charge in [-0.15, -0.1) is 0 Å². The first kappa shape index (κ1) is 16.2. The third kappa shape index (κ3) is 6.37. The summed E-state index contributed by atoms with van der Waals surface area (Å²) in [6.45, 7) is 6.36. The normalized spacial score (nSPS) is 11.2. The molecule has 1 N–H and O–H groups in total. The average molecular weight is 272 g/mol. The van der Waals surface area contributed by atoms with Gasteiger partial charge in [0.1, 0.15) is 0 Å². The molecule has 2 nitrogen and oxygen atoms in total. The molecule has 0 saturated heterocycles. The Morgan fingerprint density at radius 3 is 2.35 bits per heavy atom. The predicted octanol–water partition coefficient (Wildman–Crippen LogP) is 4.55. The summed E-state index contributed by atoms with van der Waals surface area (Å²) in [6, 6.07) is 7.77. The molecule has 1 aromatic rings. The molecule has 108 valence electrons. The number of carboxylic acid groups (broad SMARTS) is 1. The Balaban J connectivity index is 2.64. The molecule has 0 spiro atoms. The summed E-state index contributed by atoms with van der Waals surface area (Å²) in [5.74, 6) is -0.776. The molecule has 0 aliphatic rings. The van der Waals surface area contributed by atoms with E-state index in [9.17, 15) is 4.79 Å². The first-order chi connectivity index (χ1) is 9.49. The van der Waals surface area contributed by atoms with Crippen LogP contribution in [0, 0.1) is 0 Å². The van der Waals surface area contributed by atoms with Gasteiger partial charge >= 0.3 is 5.97 Å². The minimum Gasteiger partial charge on any atom is -0.481 e. The van der Waals surface area contributed by atoms with Crippen LogP contribution < -0.4 is 0 Å². The summed E-state index contributed by atoms with van der Waals surface area (Å²) < 4.78 is 0. The lowest BCUT2D eigenvalue weighted by atomic mass is 10.00. The molecule has 0 radical (unpaired) electrons. The molecule has 1 aromatic carbocycles. The standard InChI is InChI=1S/C18H24O2/c1-14(2)7-6-8-15(3)11-12-16-9-4-5-10-17(16)13-18(19)20/h4-5,7,9-11H,6,8,12-13H2,1-3H3,(H,19,20)/b15-11+. The maximum Gasteiger partial charge on any atom is 0.307 e. The van der Waals surface area contributed by atoms with Crippen LogP contribution in [0.4, 0.5) is 0 Å². The van der Waals surface area contributed by atoms with Crippen LogP contribution in [0.5, 0.6) is 0 Å². The fourth-order valence-electron chi connectivity index (χ4n) is 2.07. The zero-order chi connectivity index (χ0) is 15.0. The van der Waals surface area contributed by atoms with Gasteiger partial charge in [-0.1, -0.05) is 47.6 Å². The maximum atomic E-state index is 10.8. The number of hydrogen-bond donors (Lipinski definition) is 1. The van der Waals surface area contributed by atoms with Crippen molar-refractivity contribution < 1.29 is 9.90 Å². The fourth-order valence-corrected chi connectivity index (χ4v) is 2.07. The lowest BCUT2D eigenvalue weighted by molar-refractivity contribution is -0.136. The van der Waals surface area contributed by atoms with Crippen molar-refractivity contribution in [2.45, 2.75) is 46.5 Å². The molecule has 0 atom stereocenters. The van der Waals surface area contributed by atoms with E-state index in [4.69, 9.17) is 5.11 Å². The van der Waals surface area contributed by atoms with Gasteiger partial charge in [-0.05, 0) is 51.2 Å². The number of allylic oxidation sites excluding steroid dienone is 4. The van der Waals surface area contributed by atoms with Gasteiger partial charge in [-0.3, -0.25) is 4.79 Å². The van der Waals surface area contributed by atoms with Gasteiger partial charge in [0.2, 0.25) is 0 Å². The number of rotatable bonds is 7. The van der Waals surface area contributed by atoms with Gasteiger partial charge in [-0.2, -0.15) is 0 Å². The highest BCUT2D eigenvalue weighted by molar-refractivity contribution is 5.70. The smallest absolute Gasteiger partial charge is 0.307 e. The van der Waals surface area contributed by atoms with Gasteiger partial charge in [-0.25, -0.2) is 0 Å². The van der Waals surface area contributed by atoms with E-state index in [0.29, 0.717) is 0 Å². The molecule has 0 bridgehead atoms. The van der Waals surface area contributed by atoms with Crippen molar-refractivity contribution >= 4 is 5.97 Å². The highest BCUT2D eigenvalue weighted by atomic mass is 16.4. The predicted molar refractivity (Wildman–Crippen MR) is 83.9 cm³/mol. The molecule has 0 aliphatic carbocycles. The van der Waals surface area contributed by atoms with E-state index >= 15 is 0 Å². The topological polar surface area (TPSA) is 37.3 Å². The highest BCUT2D eigenvalue weighted by Gasteiger charge is 2.05. The third-order valence-corrected chi connectivity index (χ3v) is 3.22. The second-order valence-corrected chi connectivity index (χ2v) is 5.41. The Kier molecular flexibility index (Phi) is 6.78. The molecule has 2 heteroatoms. The van der Waals surface area contributed by atoms with Crippen LogP contribution in [0.15, 0.2) is 47.6 Å². The Morgan fingerprint density at radius 2 is 1.75 bits per heavy atom. The molecule has 1 rings (SSSR count). The molecule has 0 fully saturated rings. The largest absolute Gasteiger partial charge is 0.481 e. The lowest BCUT2D eigenvalue weighted by Crippen LogP contribution is -2.03. The van der Waals surface area contributed by atoms with Crippen LogP contribution in [-0.2, 0) is 17.6 Å². The van der Waals surface area contributed by atoms with E-state index in [1.165, 1.54) is 11.1 Å². The molecule has 20 heavy (non-hydrogen) atoms. The van der Waals surface area contributed by atoms with E-state index in [1.54, 1.807) is 0 Å². The number of benzene rings is 1. The quantitative estimate of drug-likeness (QED) is 0.739. The van der Waals surface area contributed by atoms with Crippen molar-refractivity contribution in [3.8, 4) is 0 Å². The van der Waals surface area contributed by atoms with Gasteiger partial charge in [0, 0.05) is 0 Å². The van der Waals surface area contributed by atoms with Gasteiger partial charge in [0.15, 0.2) is 0 Å². The summed E-state index contributed by atoms with van der Waals surface area (Å²) in [7, 11) is 0. The van der Waals surface area contributed by atoms with Crippen LogP contribution in [-0.4, -0.2) is 11.1 Å². The minimum absolute atomic E-state index is 0.0980. The maximum absolute atomic E-state index is 10.8. The summed E-state index contributed by atoms with van der Waals surface area (Å²) in [5.41, 5.74) is 4.72. The zero-order valence-corrected chi connectivity index (χ0v) is 12.6. The van der Waals surface area contributed by atoms with Crippen LogP contribution in [0.2, 0.25) is 0 Å². The summed E-state index contributed by atoms with van der Waals surface area (Å²) in [5, 5.41) is 8.92. The summed E-state index contributed by atoms with van der Waals surface area (Å²) >= 11 is 0. The van der Waals surface area contributed by atoms with Crippen LogP contribution in [0.1, 0.15) is 44.7 Å². The van der Waals surface area contributed by atoms with Gasteiger partial charge in [0.05, 0.1) is 6.42 Å². The van der Waals surface area contributed by atoms with Crippen molar-refractivity contribution in [2.24, 2.45) is 0 Å². The Morgan fingerprint density at radius 1 is 1.10 bits per heavy atom. The van der Waals surface area contributed by atoms with Crippen LogP contribution in [0.3, 0.4) is 0 Å². The number of carbonyl (C=O) groups is 1. The number of carboxylic acids is 1. The Bertz CT molecular complexity index is 506. The van der Waals surface area contributed by atoms with Gasteiger partial charge in [0.25, 0.3) is 0 Å². The molecule has 0 aliphatic heterocycles. The highest BCUT2D eigenvalue weighted by Crippen LogP contribution is 2.14. The molecule has 0 unspecified atom stereocenters. The van der Waals surface area contributed by atoms with Crippen molar-refractivity contribution in [1.82, 2.24) is 0 Å². The number of hydrogen-bond acceptors (Lipinski definition) is 1. The van der Waals surface area contributed by atoms with Crippen molar-refractivity contribution in [3.05, 3.63) is 58.7 Å². The third-order valence-electron chi connectivity index (χ3n) is 3.22. The minimum atomic E-state index is -0.776. The van der Waals surface area contributed by atoms with Gasteiger partial charge < -0.3 is 5.11 Å². The fraction of sp³-hybridized carbons (Fsp3) is 0.389. The van der Waals surface area contributed by atoms with Crippen molar-refractivity contribution in [1.29, 1.82) is 0 Å². The molecular weight excluding hydrogens is 248 g/mol. The summed E-state index contributed by atoms with van der Waals surface area (Å²) in [4.78, 5) is 10.8. The van der Waals surface area contributed by atoms with Crippen LogP contribution in [0.25, 0.3) is 0 Å². The SMILES string of the molecule is CC(C)=CCC/C(C)=C/Cc1ccccc1CC(=O)O. The molecule has 0 amide bonds. The Labute approximate surface area is 121 Å². The molecule has 0 aromatic heterocycles. The molecule has 0 saturated carbocycles. The van der Waals surface area contributed by atoms with E-state index in [1.807, 2.05) is 24.3 Å². The molecular formula is C18H24O2. The van der Waals surface area contributed by atoms with E-state index in [-0.39, 0.29) is 6.42 Å². The van der Waals surface area contributed by atoms with Crippen molar-refractivity contribution in [2.75, 3.05) is 0 Å². The van der Waals surface area contributed by atoms with Crippen LogP contribution >= 0.6 is 0 Å². The first-order valence-corrected chi connectivity index (χ1v) is 7.06. The Hall–Kier alpha value is -1.83. The van der Waals surface area contributed by atoms with E-state index < -0.39 is 5.97 Å². The van der Waals surface area contributed by atoms with E-state index in [2.05, 4.69) is 32.9 Å². The number of aliphatic carboxylic acids is 1. The van der Waals surface area contributed by atoms with Crippen molar-refractivity contribution in [3.63, 3.8) is 0 Å². The average Bonchev–Trinajstić information content (AvgIpc) is 2.36. The zero-order valence-electron chi connectivity index (χ0n) is 12.6. The lowest BCUT2D eigenvalue weighted by Gasteiger charge is -2.06. The monoisotopic (exact) mass is 272 g/mol. The second-order valence-electron chi connectivity index (χ2n) is 5.41.